The fourth-order valence-corrected chi connectivity index (χ4v) is 4.65. The highest BCUT2D eigenvalue weighted by molar-refractivity contribution is 7.12. The number of nitrogens with zero attached hydrogens (tertiary/aromatic N) is 1. The third-order valence-corrected chi connectivity index (χ3v) is 5.99. The van der Waals surface area contributed by atoms with Crippen molar-refractivity contribution in [3.8, 4) is 16.9 Å². The molecule has 2 heterocycles. The lowest BCUT2D eigenvalue weighted by Crippen LogP contribution is -2.15. The number of fused-ring (bicyclic) bond motifs is 2. The molecule has 2 aromatic carbocycles. The van der Waals surface area contributed by atoms with Gasteiger partial charge in [0.1, 0.15) is 21.8 Å². The third kappa shape index (κ3) is 2.50. The third-order valence-electron chi connectivity index (χ3n) is 5.11. The minimum atomic E-state index is -0.509. The van der Waals surface area contributed by atoms with Crippen molar-refractivity contribution in [2.75, 3.05) is 6.61 Å². The second kappa shape index (κ2) is 6.31. The lowest BCUT2D eigenvalue weighted by Gasteiger charge is -2.15. The van der Waals surface area contributed by atoms with Gasteiger partial charge in [-0.05, 0) is 49.5 Å². The summed E-state index contributed by atoms with van der Waals surface area (Å²) in [6.07, 6.45) is 1.95. The molecular formula is C21H17FN2O3S. The molecule has 142 valence electrons. The van der Waals surface area contributed by atoms with Gasteiger partial charge < -0.3 is 9.30 Å². The molecule has 4 aromatic rings. The average Bonchev–Trinajstić information content (AvgIpc) is 3.45. The molecule has 1 aliphatic rings. The van der Waals surface area contributed by atoms with E-state index in [1.165, 1.54) is 6.07 Å². The smallest absolute Gasteiger partial charge is 0.271 e. The zero-order valence-corrected chi connectivity index (χ0v) is 15.9. The van der Waals surface area contributed by atoms with E-state index in [0.29, 0.717) is 33.8 Å². The molecule has 0 spiro atoms. The number of aromatic nitrogens is 2. The van der Waals surface area contributed by atoms with E-state index in [0.717, 1.165) is 24.4 Å². The Morgan fingerprint density at radius 2 is 2.00 bits per heavy atom. The van der Waals surface area contributed by atoms with Gasteiger partial charge in [-0.1, -0.05) is 18.2 Å². The van der Waals surface area contributed by atoms with Crippen LogP contribution in [0.4, 0.5) is 4.39 Å². The van der Waals surface area contributed by atoms with Crippen molar-refractivity contribution in [2.24, 2.45) is 0 Å². The maximum Gasteiger partial charge on any atom is 0.271 e. The van der Waals surface area contributed by atoms with Crippen LogP contribution in [0.1, 0.15) is 25.8 Å². The van der Waals surface area contributed by atoms with Crippen molar-refractivity contribution >= 4 is 32.7 Å². The van der Waals surface area contributed by atoms with Crippen LogP contribution in [0.5, 0.6) is 5.75 Å². The number of rotatable bonds is 4. The number of para-hydroxylation sites is 1. The van der Waals surface area contributed by atoms with Crippen molar-refractivity contribution in [3.05, 3.63) is 62.8 Å². The molecule has 0 aliphatic heterocycles. The predicted molar refractivity (Wildman–Crippen MR) is 109 cm³/mol. The van der Waals surface area contributed by atoms with Gasteiger partial charge in [-0.2, -0.15) is 0 Å². The Balaban J connectivity index is 1.89. The van der Waals surface area contributed by atoms with E-state index in [9.17, 15) is 9.59 Å². The number of benzene rings is 2. The molecule has 1 saturated carbocycles. The molecule has 0 unspecified atom stereocenters. The first-order valence-electron chi connectivity index (χ1n) is 9.21. The molecule has 0 bridgehead atoms. The summed E-state index contributed by atoms with van der Waals surface area (Å²) in [6.45, 7) is 2.35. The second-order valence-electron chi connectivity index (χ2n) is 6.92. The summed E-state index contributed by atoms with van der Waals surface area (Å²) in [5.74, 6) is 0.0843. The van der Waals surface area contributed by atoms with Crippen molar-refractivity contribution in [1.82, 2.24) is 8.94 Å². The highest BCUT2D eigenvalue weighted by Gasteiger charge is 2.29. The van der Waals surface area contributed by atoms with Crippen molar-refractivity contribution in [1.29, 1.82) is 0 Å². The van der Waals surface area contributed by atoms with Gasteiger partial charge in [0, 0.05) is 22.6 Å². The molecule has 0 atom stereocenters. The topological polar surface area (TPSA) is 64.1 Å². The van der Waals surface area contributed by atoms with Crippen LogP contribution in [0.3, 0.4) is 0 Å². The molecular weight excluding hydrogens is 379 g/mol. The van der Waals surface area contributed by atoms with E-state index in [4.69, 9.17) is 4.74 Å². The molecule has 1 fully saturated rings. The first-order chi connectivity index (χ1) is 13.6. The van der Waals surface area contributed by atoms with Crippen molar-refractivity contribution in [3.63, 3.8) is 0 Å². The average molecular weight is 396 g/mol. The fourth-order valence-electron chi connectivity index (χ4n) is 3.72. The second-order valence-corrected chi connectivity index (χ2v) is 7.72. The monoisotopic (exact) mass is 396 g/mol. The number of H-pyrrole nitrogens is 1. The molecule has 2 aromatic heterocycles. The lowest BCUT2D eigenvalue weighted by molar-refractivity contribution is 0.341. The maximum atomic E-state index is 15.1. The first-order valence-corrected chi connectivity index (χ1v) is 10.0. The summed E-state index contributed by atoms with van der Waals surface area (Å²) in [6, 6.07) is 10.5. The zero-order chi connectivity index (χ0) is 19.4. The van der Waals surface area contributed by atoms with E-state index in [1.54, 1.807) is 12.1 Å². The Hall–Kier alpha value is -2.93. The van der Waals surface area contributed by atoms with Gasteiger partial charge >= 0.3 is 0 Å². The van der Waals surface area contributed by atoms with Gasteiger partial charge in [-0.3, -0.25) is 14.0 Å². The van der Waals surface area contributed by atoms with Gasteiger partial charge in [0.2, 0.25) is 5.43 Å². The minimum absolute atomic E-state index is 0.117. The predicted octanol–water partition coefficient (Wildman–Crippen LogP) is 4.44. The molecule has 5 rings (SSSR count). The Morgan fingerprint density at radius 1 is 1.21 bits per heavy atom. The zero-order valence-electron chi connectivity index (χ0n) is 15.1. The Labute approximate surface area is 163 Å². The van der Waals surface area contributed by atoms with Crippen LogP contribution in [0.15, 0.2) is 46.0 Å². The molecule has 1 N–H and O–H groups in total. The standard InChI is InChI=1S/C21H17FN2O3S/c1-2-27-17-6-4-3-5-12(17)13-10-16-14(9-15(13)22)19(25)18-20(26)23-28-21(18)24(16)11-7-8-11/h3-6,9-11H,2,7-8H2,1H3,(H,23,26). The van der Waals surface area contributed by atoms with Crippen molar-refractivity contribution < 1.29 is 9.13 Å². The van der Waals surface area contributed by atoms with Crippen LogP contribution in [0.25, 0.3) is 32.2 Å². The van der Waals surface area contributed by atoms with E-state index in [1.807, 2.05) is 29.7 Å². The first kappa shape index (κ1) is 17.2. The number of hydrogen-bond acceptors (Lipinski definition) is 4. The van der Waals surface area contributed by atoms with Crippen molar-refractivity contribution in [2.45, 2.75) is 25.8 Å². The van der Waals surface area contributed by atoms with Gasteiger partial charge in [0.15, 0.2) is 0 Å². The number of nitrogens with one attached hydrogen (secondary N) is 1. The molecule has 0 amide bonds. The van der Waals surface area contributed by atoms with Crippen LogP contribution < -0.4 is 15.7 Å². The van der Waals surface area contributed by atoms with Gasteiger partial charge in [-0.25, -0.2) is 4.39 Å². The SMILES string of the molecule is CCOc1ccccc1-c1cc2c(cc1F)c(=O)c1c(=O)[nH]sc1n2C1CC1. The largest absolute Gasteiger partial charge is 0.493 e. The summed E-state index contributed by atoms with van der Waals surface area (Å²) in [5, 5.41) is 0.352. The summed E-state index contributed by atoms with van der Waals surface area (Å²) in [4.78, 5) is 25.7. The summed E-state index contributed by atoms with van der Waals surface area (Å²) >= 11 is 1.16. The number of aromatic amines is 1. The highest BCUT2D eigenvalue weighted by atomic mass is 32.1. The highest BCUT2D eigenvalue weighted by Crippen LogP contribution is 2.41. The Morgan fingerprint density at radius 3 is 2.75 bits per heavy atom. The number of hydrogen-bond donors (Lipinski definition) is 1. The molecule has 1 aliphatic carbocycles. The summed E-state index contributed by atoms with van der Waals surface area (Å²) in [7, 11) is 0. The van der Waals surface area contributed by atoms with Crippen LogP contribution in [0.2, 0.25) is 0 Å². The van der Waals surface area contributed by atoms with Crippen LogP contribution in [-0.4, -0.2) is 15.5 Å². The van der Waals surface area contributed by atoms with Gasteiger partial charge in [0.25, 0.3) is 5.56 Å². The van der Waals surface area contributed by atoms with Crippen LogP contribution in [0, 0.1) is 5.82 Å². The normalized spacial score (nSPS) is 14.1. The molecule has 28 heavy (non-hydrogen) atoms. The van der Waals surface area contributed by atoms with E-state index >= 15 is 4.39 Å². The number of ether oxygens (including phenoxy) is 1. The molecule has 7 heteroatoms. The summed E-state index contributed by atoms with van der Waals surface area (Å²) in [5.41, 5.74) is 0.840. The maximum absolute atomic E-state index is 15.1. The van der Waals surface area contributed by atoms with E-state index in [-0.39, 0.29) is 16.8 Å². The number of halogens is 1. The number of pyridine rings is 1. The van der Waals surface area contributed by atoms with E-state index in [2.05, 4.69) is 4.37 Å². The van der Waals surface area contributed by atoms with Gasteiger partial charge in [0.05, 0.1) is 12.1 Å². The quantitative estimate of drug-likeness (QED) is 0.555. The Bertz CT molecular complexity index is 1350. The Kier molecular flexibility index (Phi) is 3.87. The summed E-state index contributed by atoms with van der Waals surface area (Å²) < 4.78 is 25.4. The van der Waals surface area contributed by atoms with Gasteiger partial charge in [-0.15, -0.1) is 0 Å². The lowest BCUT2D eigenvalue weighted by atomic mass is 10.0. The molecule has 5 nitrogen and oxygen atoms in total. The fraction of sp³-hybridized carbons (Fsp3) is 0.238. The van der Waals surface area contributed by atoms with Crippen LogP contribution in [-0.2, 0) is 0 Å². The van der Waals surface area contributed by atoms with E-state index < -0.39 is 16.8 Å². The van der Waals surface area contributed by atoms with Crippen LogP contribution >= 0.6 is 11.5 Å². The molecule has 0 radical (unpaired) electrons. The minimum Gasteiger partial charge on any atom is -0.493 e. The molecule has 0 saturated heterocycles.